The molecule has 5 aromatic rings. The number of anilines is 6. The van der Waals surface area contributed by atoms with E-state index in [-0.39, 0.29) is 39.2 Å². The van der Waals surface area contributed by atoms with Crippen molar-refractivity contribution in [1.29, 1.82) is 0 Å². The molecule has 2 aliphatic carbocycles. The second-order valence-corrected chi connectivity index (χ2v) is 23.0. The summed E-state index contributed by atoms with van der Waals surface area (Å²) in [6, 6.07) is 34.5. The van der Waals surface area contributed by atoms with E-state index in [9.17, 15) is 0 Å². The highest BCUT2D eigenvalue weighted by Gasteiger charge is 2.48. The summed E-state index contributed by atoms with van der Waals surface area (Å²) in [6.07, 6.45) is 3.55. The molecule has 0 fully saturated rings. The number of rotatable bonds is 2. The van der Waals surface area contributed by atoms with Crippen molar-refractivity contribution in [3.63, 3.8) is 0 Å². The van der Waals surface area contributed by atoms with E-state index in [0.29, 0.717) is 0 Å². The minimum atomic E-state index is 0.0124. The van der Waals surface area contributed by atoms with Gasteiger partial charge in [-0.25, -0.2) is 0 Å². The van der Waals surface area contributed by atoms with Gasteiger partial charge in [-0.05, 0) is 163 Å². The molecule has 2 heterocycles. The molecule has 9 rings (SSSR count). The quantitative estimate of drug-likeness (QED) is 0.162. The third-order valence-corrected chi connectivity index (χ3v) is 14.6. The van der Waals surface area contributed by atoms with Gasteiger partial charge in [0.1, 0.15) is 0 Å². The summed E-state index contributed by atoms with van der Waals surface area (Å²) < 4.78 is 0. The molecular weight excluding hydrogens is 687 g/mol. The van der Waals surface area contributed by atoms with Crippen molar-refractivity contribution in [3.05, 3.63) is 124 Å². The van der Waals surface area contributed by atoms with Gasteiger partial charge in [0.25, 0.3) is 6.71 Å². The lowest BCUT2D eigenvalue weighted by Gasteiger charge is -2.46. The summed E-state index contributed by atoms with van der Waals surface area (Å²) in [5, 5.41) is 0. The van der Waals surface area contributed by atoms with Crippen molar-refractivity contribution in [2.75, 3.05) is 9.80 Å². The molecule has 5 aromatic carbocycles. The molecule has 0 N–H and O–H groups in total. The molecule has 0 amide bonds. The predicted molar refractivity (Wildman–Crippen MR) is 249 cm³/mol. The van der Waals surface area contributed by atoms with Gasteiger partial charge in [-0.3, -0.25) is 0 Å². The van der Waals surface area contributed by atoms with Gasteiger partial charge >= 0.3 is 0 Å². The minimum absolute atomic E-state index is 0.0124. The lowest BCUT2D eigenvalue weighted by Crippen LogP contribution is -2.61. The summed E-state index contributed by atoms with van der Waals surface area (Å²) in [4.78, 5) is 5.29. The van der Waals surface area contributed by atoms with Crippen LogP contribution in [0, 0.1) is 6.92 Å². The Balaban J connectivity index is 1.40. The summed E-state index contributed by atoms with van der Waals surface area (Å²) in [7, 11) is 0. The van der Waals surface area contributed by atoms with Crippen LogP contribution in [-0.4, -0.2) is 6.71 Å². The molecule has 0 saturated heterocycles. The molecule has 57 heavy (non-hydrogen) atoms. The number of aryl methyl sites for hydroxylation is 1. The Hall–Kier alpha value is -4.24. The fraction of sp³-hybridized carbons (Fsp3) is 0.444. The number of hydrogen-bond donors (Lipinski definition) is 0. The highest BCUT2D eigenvalue weighted by Crippen LogP contribution is 2.54. The second-order valence-electron chi connectivity index (χ2n) is 23.0. The van der Waals surface area contributed by atoms with Gasteiger partial charge < -0.3 is 9.80 Å². The monoisotopic (exact) mass is 753 g/mol. The molecule has 0 bridgehead atoms. The van der Waals surface area contributed by atoms with E-state index in [4.69, 9.17) is 0 Å². The molecule has 0 unspecified atom stereocenters. The first kappa shape index (κ1) is 38.3. The largest absolute Gasteiger partial charge is 0.311 e. The third kappa shape index (κ3) is 5.79. The highest BCUT2D eigenvalue weighted by atomic mass is 15.2. The van der Waals surface area contributed by atoms with E-state index in [2.05, 4.69) is 199 Å². The maximum atomic E-state index is 2.68. The lowest BCUT2D eigenvalue weighted by molar-refractivity contribution is 0.332. The normalized spacial score (nSPS) is 19.4. The van der Waals surface area contributed by atoms with Crippen LogP contribution in [0.1, 0.15) is 155 Å². The van der Waals surface area contributed by atoms with Gasteiger partial charge in [0.05, 0.1) is 0 Å². The fourth-order valence-electron chi connectivity index (χ4n) is 11.4. The van der Waals surface area contributed by atoms with Crippen LogP contribution in [0.5, 0.6) is 0 Å². The van der Waals surface area contributed by atoms with Crippen LogP contribution < -0.4 is 26.2 Å². The van der Waals surface area contributed by atoms with Crippen LogP contribution >= 0.6 is 0 Å². The van der Waals surface area contributed by atoms with E-state index in [0.717, 1.165) is 6.42 Å². The van der Waals surface area contributed by atoms with Crippen molar-refractivity contribution in [2.24, 2.45) is 0 Å². The Labute approximate surface area is 345 Å². The highest BCUT2D eigenvalue weighted by molar-refractivity contribution is 7.00. The zero-order valence-corrected chi connectivity index (χ0v) is 37.7. The van der Waals surface area contributed by atoms with Crippen molar-refractivity contribution >= 4 is 57.2 Å². The average molecular weight is 753 g/mol. The van der Waals surface area contributed by atoms with E-state index < -0.39 is 0 Å². The van der Waals surface area contributed by atoms with Crippen LogP contribution in [0.25, 0.3) is 0 Å². The van der Waals surface area contributed by atoms with Gasteiger partial charge in [0.15, 0.2) is 0 Å². The molecule has 2 nitrogen and oxygen atoms in total. The number of benzene rings is 5. The number of nitrogens with zero attached hydrogens (tertiary/aromatic N) is 2. The molecular formula is C54H65BN2. The van der Waals surface area contributed by atoms with Crippen LogP contribution in [-0.2, 0) is 32.5 Å². The zero-order chi connectivity index (χ0) is 41.0. The molecule has 0 radical (unpaired) electrons. The van der Waals surface area contributed by atoms with Crippen molar-refractivity contribution in [3.8, 4) is 0 Å². The molecule has 294 valence electrons. The smallest absolute Gasteiger partial charge is 0.252 e. The van der Waals surface area contributed by atoms with Gasteiger partial charge in [-0.1, -0.05) is 133 Å². The van der Waals surface area contributed by atoms with E-state index in [1.807, 2.05) is 0 Å². The lowest BCUT2D eigenvalue weighted by atomic mass is 9.33. The summed E-state index contributed by atoms with van der Waals surface area (Å²) in [5.74, 6) is 0. The van der Waals surface area contributed by atoms with Crippen LogP contribution in [0.4, 0.5) is 34.1 Å². The standard InChI is InChI=1S/C54H65BN2/c1-33-25-46-48-47(26-33)57(37-20-21-38-39(29-37)52(10,11)24-23-51(38,8)9)45-31-41-40(53(12,13)32-54(41,14)15)30-43(45)55(48)42-22-19-35(50(5,6)7)28-44(42)56(46)36-18-16-17-34(27-36)49(2,3)4/h16-22,25-31H,23-24,32H2,1-15H3. The van der Waals surface area contributed by atoms with Crippen LogP contribution in [0.15, 0.2) is 84.9 Å². The Kier molecular flexibility index (Phi) is 8.01. The predicted octanol–water partition coefficient (Wildman–Crippen LogP) is 13.0. The maximum absolute atomic E-state index is 2.68. The van der Waals surface area contributed by atoms with Gasteiger partial charge in [-0.15, -0.1) is 0 Å². The van der Waals surface area contributed by atoms with E-state index >= 15 is 0 Å². The SMILES string of the molecule is Cc1cc2c3c(c1)N(c1ccc4c(c1)C(C)(C)CCC4(C)C)c1cc4c(cc1B3c1ccc(C(C)(C)C)cc1N2c1cccc(C(C)(C)C)c1)C(C)(C)CC4(C)C. The number of hydrogen-bond acceptors (Lipinski definition) is 2. The summed E-state index contributed by atoms with van der Waals surface area (Å²) in [5.41, 5.74) is 22.5. The van der Waals surface area contributed by atoms with Gasteiger partial charge in [0.2, 0.25) is 0 Å². The molecule has 0 spiro atoms. The van der Waals surface area contributed by atoms with Crippen molar-refractivity contribution in [2.45, 2.75) is 156 Å². The topological polar surface area (TPSA) is 6.48 Å². The first-order valence-electron chi connectivity index (χ1n) is 21.7. The van der Waals surface area contributed by atoms with Gasteiger partial charge in [-0.2, -0.15) is 0 Å². The van der Waals surface area contributed by atoms with Crippen LogP contribution in [0.2, 0.25) is 0 Å². The molecule has 0 atom stereocenters. The number of fused-ring (bicyclic) bond motifs is 6. The Morgan fingerprint density at radius 2 is 1.00 bits per heavy atom. The fourth-order valence-corrected chi connectivity index (χ4v) is 11.4. The van der Waals surface area contributed by atoms with E-state index in [1.54, 1.807) is 0 Å². The van der Waals surface area contributed by atoms with Gasteiger partial charge in [0, 0.05) is 34.1 Å². The third-order valence-electron chi connectivity index (χ3n) is 14.6. The Morgan fingerprint density at radius 3 is 1.61 bits per heavy atom. The molecule has 0 aromatic heterocycles. The maximum Gasteiger partial charge on any atom is 0.252 e. The Bertz CT molecular complexity index is 2500. The first-order valence-corrected chi connectivity index (χ1v) is 21.7. The minimum Gasteiger partial charge on any atom is -0.311 e. The second kappa shape index (κ2) is 11.9. The molecule has 0 saturated carbocycles. The van der Waals surface area contributed by atoms with Crippen molar-refractivity contribution < 1.29 is 0 Å². The molecule has 2 aliphatic heterocycles. The summed E-state index contributed by atoms with van der Waals surface area (Å²) in [6.45, 7) is 36.1. The van der Waals surface area contributed by atoms with Crippen LogP contribution in [0.3, 0.4) is 0 Å². The first-order chi connectivity index (χ1) is 26.4. The average Bonchev–Trinajstić information content (AvgIpc) is 3.30. The molecule has 4 aliphatic rings. The molecule has 3 heteroatoms. The Morgan fingerprint density at radius 1 is 0.474 bits per heavy atom. The van der Waals surface area contributed by atoms with Crippen molar-refractivity contribution in [1.82, 2.24) is 0 Å². The van der Waals surface area contributed by atoms with E-state index in [1.165, 1.54) is 102 Å². The zero-order valence-electron chi connectivity index (χ0n) is 37.7. The summed E-state index contributed by atoms with van der Waals surface area (Å²) >= 11 is 0.